The van der Waals surface area contributed by atoms with Crippen molar-refractivity contribution in [1.29, 1.82) is 0 Å². The quantitative estimate of drug-likeness (QED) is 0.332. The van der Waals surface area contributed by atoms with E-state index in [1.165, 1.54) is 38.5 Å². The number of rotatable bonds is 11. The molecule has 0 amide bonds. The minimum absolute atomic E-state index is 0.0125. The maximum absolute atomic E-state index is 12.3. The monoisotopic (exact) mass is 461 g/mol. The van der Waals surface area contributed by atoms with E-state index in [1.807, 2.05) is 4.80 Å². The lowest BCUT2D eigenvalue weighted by atomic mass is 9.65. The maximum atomic E-state index is 12.3. The SMILES string of the molecule is CCCCCCCCOC(=O)CCC1CC(n2nc3c(n2)CCCC3)C(O)C(C(C)(C)C)C1. The van der Waals surface area contributed by atoms with Crippen molar-refractivity contribution in [3.8, 4) is 0 Å². The summed E-state index contributed by atoms with van der Waals surface area (Å²) in [6, 6.07) is -0.113. The number of aliphatic hydroxyl groups is 1. The van der Waals surface area contributed by atoms with Gasteiger partial charge in [0.1, 0.15) is 0 Å². The standard InChI is InChI=1S/C27H47N3O3/c1-5-6-7-8-9-12-17-33-25(31)16-15-20-18-21(27(2,3)4)26(32)24(19-20)30-28-22-13-10-11-14-23(22)29-30/h20-21,24,26,32H,5-19H2,1-4H3. The summed E-state index contributed by atoms with van der Waals surface area (Å²) in [4.78, 5) is 14.2. The van der Waals surface area contributed by atoms with Crippen molar-refractivity contribution in [2.24, 2.45) is 17.3 Å². The third-order valence-corrected chi connectivity index (χ3v) is 7.75. The van der Waals surface area contributed by atoms with E-state index in [-0.39, 0.29) is 23.3 Å². The molecule has 0 saturated heterocycles. The number of aryl methyl sites for hydroxylation is 2. The van der Waals surface area contributed by atoms with Crippen molar-refractivity contribution in [1.82, 2.24) is 15.0 Å². The molecule has 33 heavy (non-hydrogen) atoms. The Bertz CT molecular complexity index is 716. The van der Waals surface area contributed by atoms with Crippen molar-refractivity contribution in [3.05, 3.63) is 11.4 Å². The number of aromatic nitrogens is 3. The number of fused-ring (bicyclic) bond motifs is 1. The van der Waals surface area contributed by atoms with Crippen LogP contribution < -0.4 is 0 Å². The topological polar surface area (TPSA) is 77.2 Å². The molecule has 1 saturated carbocycles. The summed E-state index contributed by atoms with van der Waals surface area (Å²) < 4.78 is 5.50. The lowest BCUT2D eigenvalue weighted by molar-refractivity contribution is -0.144. The Hall–Kier alpha value is -1.43. The second-order valence-electron chi connectivity index (χ2n) is 11.5. The van der Waals surface area contributed by atoms with Crippen LogP contribution in [0.2, 0.25) is 0 Å². The average Bonchev–Trinajstić information content (AvgIpc) is 3.21. The summed E-state index contributed by atoms with van der Waals surface area (Å²) >= 11 is 0. The Morgan fingerprint density at radius 3 is 2.30 bits per heavy atom. The lowest BCUT2D eigenvalue weighted by Gasteiger charge is -2.44. The number of nitrogens with zero attached hydrogens (tertiary/aromatic N) is 3. The summed E-state index contributed by atoms with van der Waals surface area (Å²) in [6.07, 6.45) is 14.1. The van der Waals surface area contributed by atoms with E-state index in [2.05, 4.69) is 27.7 Å². The number of hydrogen-bond acceptors (Lipinski definition) is 5. The van der Waals surface area contributed by atoms with Gasteiger partial charge in [-0.1, -0.05) is 59.8 Å². The Labute approximate surface area is 200 Å². The third kappa shape index (κ3) is 7.53. The molecular weight excluding hydrogens is 414 g/mol. The smallest absolute Gasteiger partial charge is 0.305 e. The molecule has 6 heteroatoms. The largest absolute Gasteiger partial charge is 0.466 e. The Kier molecular flexibility index (Phi) is 9.78. The van der Waals surface area contributed by atoms with Crippen LogP contribution in [0.5, 0.6) is 0 Å². The predicted molar refractivity (Wildman–Crippen MR) is 131 cm³/mol. The number of aliphatic hydroxyl groups excluding tert-OH is 1. The molecule has 1 aromatic rings. The van der Waals surface area contributed by atoms with Gasteiger partial charge in [-0.05, 0) is 68.6 Å². The molecule has 3 rings (SSSR count). The molecule has 4 atom stereocenters. The van der Waals surface area contributed by atoms with Crippen LogP contribution in [-0.4, -0.2) is 38.8 Å². The lowest BCUT2D eigenvalue weighted by Crippen LogP contribution is -2.45. The zero-order valence-corrected chi connectivity index (χ0v) is 21.5. The highest BCUT2D eigenvalue weighted by Gasteiger charge is 2.44. The first-order chi connectivity index (χ1) is 15.8. The van der Waals surface area contributed by atoms with Crippen LogP contribution in [0.25, 0.3) is 0 Å². The fraction of sp³-hybridized carbons (Fsp3) is 0.889. The number of ether oxygens (including phenoxy) is 1. The van der Waals surface area contributed by atoms with Gasteiger partial charge in [0, 0.05) is 6.42 Å². The summed E-state index contributed by atoms with van der Waals surface area (Å²) in [5.41, 5.74) is 2.21. The van der Waals surface area contributed by atoms with Crippen LogP contribution in [-0.2, 0) is 22.4 Å². The van der Waals surface area contributed by atoms with Gasteiger partial charge in [-0.3, -0.25) is 4.79 Å². The van der Waals surface area contributed by atoms with Gasteiger partial charge in [-0.15, -0.1) is 0 Å². The Morgan fingerprint density at radius 2 is 1.67 bits per heavy atom. The Morgan fingerprint density at radius 1 is 1.03 bits per heavy atom. The number of esters is 1. The number of carbonyl (C=O) groups is 1. The van der Waals surface area contributed by atoms with Gasteiger partial charge in [-0.25, -0.2) is 0 Å². The van der Waals surface area contributed by atoms with Crippen LogP contribution in [0.15, 0.2) is 0 Å². The molecule has 0 aromatic carbocycles. The molecule has 2 aliphatic carbocycles. The molecule has 6 nitrogen and oxygen atoms in total. The van der Waals surface area contributed by atoms with E-state index < -0.39 is 6.10 Å². The van der Waals surface area contributed by atoms with Crippen molar-refractivity contribution < 1.29 is 14.6 Å². The number of hydrogen-bond donors (Lipinski definition) is 1. The average molecular weight is 462 g/mol. The molecule has 0 spiro atoms. The molecule has 4 unspecified atom stereocenters. The number of unbranched alkanes of at least 4 members (excludes halogenated alkanes) is 5. The molecule has 0 radical (unpaired) electrons. The Balaban J connectivity index is 1.53. The highest BCUT2D eigenvalue weighted by atomic mass is 16.5. The predicted octanol–water partition coefficient (Wildman–Crippen LogP) is 5.82. The summed E-state index contributed by atoms with van der Waals surface area (Å²) in [6.45, 7) is 9.38. The van der Waals surface area contributed by atoms with Crippen LogP contribution in [0.1, 0.15) is 122 Å². The molecule has 2 aliphatic rings. The first-order valence-corrected chi connectivity index (χ1v) is 13.6. The van der Waals surface area contributed by atoms with Crippen molar-refractivity contribution >= 4 is 5.97 Å². The summed E-state index contributed by atoms with van der Waals surface area (Å²) in [7, 11) is 0. The molecule has 1 N–H and O–H groups in total. The zero-order chi connectivity index (χ0) is 23.8. The first-order valence-electron chi connectivity index (χ1n) is 13.6. The van der Waals surface area contributed by atoms with Gasteiger partial charge in [0.05, 0.1) is 30.1 Å². The van der Waals surface area contributed by atoms with E-state index in [9.17, 15) is 9.90 Å². The molecule has 0 aliphatic heterocycles. The normalized spacial score (nSPS) is 25.6. The van der Waals surface area contributed by atoms with Crippen LogP contribution >= 0.6 is 0 Å². The van der Waals surface area contributed by atoms with E-state index in [1.54, 1.807) is 0 Å². The molecule has 1 aromatic heterocycles. The van der Waals surface area contributed by atoms with Gasteiger partial charge in [0.15, 0.2) is 0 Å². The molecule has 1 heterocycles. The summed E-state index contributed by atoms with van der Waals surface area (Å²) in [5.74, 6) is 0.446. The van der Waals surface area contributed by atoms with Crippen LogP contribution in [0.3, 0.4) is 0 Å². The minimum Gasteiger partial charge on any atom is -0.466 e. The van der Waals surface area contributed by atoms with Crippen LogP contribution in [0.4, 0.5) is 0 Å². The van der Waals surface area contributed by atoms with Crippen LogP contribution in [0, 0.1) is 17.3 Å². The fourth-order valence-corrected chi connectivity index (χ4v) is 5.65. The van der Waals surface area contributed by atoms with Gasteiger partial charge in [0.2, 0.25) is 0 Å². The second-order valence-corrected chi connectivity index (χ2v) is 11.5. The van der Waals surface area contributed by atoms with Gasteiger partial charge >= 0.3 is 5.97 Å². The highest BCUT2D eigenvalue weighted by molar-refractivity contribution is 5.69. The van der Waals surface area contributed by atoms with Gasteiger partial charge in [-0.2, -0.15) is 15.0 Å². The first kappa shape index (κ1) is 26.2. The van der Waals surface area contributed by atoms with Gasteiger partial charge < -0.3 is 9.84 Å². The zero-order valence-electron chi connectivity index (χ0n) is 21.5. The van der Waals surface area contributed by atoms with E-state index in [0.717, 1.165) is 56.3 Å². The molecule has 0 bridgehead atoms. The van der Waals surface area contributed by atoms with E-state index >= 15 is 0 Å². The van der Waals surface area contributed by atoms with Crippen molar-refractivity contribution in [2.75, 3.05) is 6.61 Å². The number of carbonyl (C=O) groups excluding carboxylic acids is 1. The molecule has 1 fully saturated rings. The molecular formula is C27H47N3O3. The van der Waals surface area contributed by atoms with E-state index in [0.29, 0.717) is 18.9 Å². The maximum Gasteiger partial charge on any atom is 0.305 e. The van der Waals surface area contributed by atoms with E-state index in [4.69, 9.17) is 14.9 Å². The minimum atomic E-state index is -0.463. The second kappa shape index (κ2) is 12.3. The fourth-order valence-electron chi connectivity index (χ4n) is 5.65. The summed E-state index contributed by atoms with van der Waals surface area (Å²) in [5, 5.41) is 20.9. The van der Waals surface area contributed by atoms with Crippen molar-refractivity contribution in [2.45, 2.75) is 130 Å². The molecule has 188 valence electrons. The highest BCUT2D eigenvalue weighted by Crippen LogP contribution is 2.45. The van der Waals surface area contributed by atoms with Gasteiger partial charge in [0.25, 0.3) is 0 Å². The van der Waals surface area contributed by atoms with Crippen molar-refractivity contribution in [3.63, 3.8) is 0 Å². The third-order valence-electron chi connectivity index (χ3n) is 7.75.